The van der Waals surface area contributed by atoms with Crippen molar-refractivity contribution < 1.29 is 14.3 Å². The topological polar surface area (TPSA) is 43.4 Å². The normalized spacial score (nSPS) is 14.6. The lowest BCUT2D eigenvalue weighted by atomic mass is 10.0. The predicted molar refractivity (Wildman–Crippen MR) is 59.2 cm³/mol. The maximum Gasteiger partial charge on any atom is 0.334 e. The van der Waals surface area contributed by atoms with Crippen molar-refractivity contribution >= 4 is 11.8 Å². The van der Waals surface area contributed by atoms with Crippen LogP contribution in [0, 0.1) is 0 Å². The second-order valence-electron chi connectivity index (χ2n) is 3.76. The largest absolute Gasteiger partial charge is 0.458 e. The lowest BCUT2D eigenvalue weighted by Gasteiger charge is -2.01. The number of ether oxygens (including phenoxy) is 1. The van der Waals surface area contributed by atoms with Gasteiger partial charge in [0.2, 0.25) is 0 Å². The van der Waals surface area contributed by atoms with E-state index in [-0.39, 0.29) is 11.8 Å². The Morgan fingerprint density at radius 1 is 1.31 bits per heavy atom. The molecule has 1 aromatic rings. The van der Waals surface area contributed by atoms with Gasteiger partial charge in [0.1, 0.15) is 6.61 Å². The van der Waals surface area contributed by atoms with Gasteiger partial charge in [0, 0.05) is 17.6 Å². The van der Waals surface area contributed by atoms with Gasteiger partial charge in [0.25, 0.3) is 0 Å². The molecule has 0 saturated heterocycles. The highest BCUT2D eigenvalue weighted by molar-refractivity contribution is 5.94. The summed E-state index contributed by atoms with van der Waals surface area (Å²) in [5.74, 6) is -0.193. The summed E-state index contributed by atoms with van der Waals surface area (Å²) >= 11 is 0. The highest BCUT2D eigenvalue weighted by Gasteiger charge is 2.16. The summed E-state index contributed by atoms with van der Waals surface area (Å²) < 4.78 is 4.81. The smallest absolute Gasteiger partial charge is 0.334 e. The fourth-order valence-corrected chi connectivity index (χ4v) is 1.62. The third kappa shape index (κ3) is 2.19. The van der Waals surface area contributed by atoms with Crippen LogP contribution in [0.3, 0.4) is 0 Å². The fraction of sp³-hybridized carbons (Fsp3) is 0.231. The second-order valence-corrected chi connectivity index (χ2v) is 3.76. The Balaban J connectivity index is 2.11. The van der Waals surface area contributed by atoms with Gasteiger partial charge in [-0.3, -0.25) is 4.79 Å². The van der Waals surface area contributed by atoms with Gasteiger partial charge in [-0.1, -0.05) is 24.3 Å². The van der Waals surface area contributed by atoms with E-state index in [2.05, 4.69) is 0 Å². The molecule has 0 amide bonds. The summed E-state index contributed by atoms with van der Waals surface area (Å²) in [5, 5.41) is 0. The molecule has 1 aromatic carbocycles. The molecule has 0 atom stereocenters. The van der Waals surface area contributed by atoms with Crippen LogP contribution in [0.4, 0.5) is 0 Å². The zero-order chi connectivity index (χ0) is 11.5. The molecular weight excluding hydrogens is 204 g/mol. The highest BCUT2D eigenvalue weighted by Crippen LogP contribution is 2.14. The van der Waals surface area contributed by atoms with Gasteiger partial charge in [0.05, 0.1) is 0 Å². The van der Waals surface area contributed by atoms with Gasteiger partial charge >= 0.3 is 5.97 Å². The van der Waals surface area contributed by atoms with Gasteiger partial charge in [-0.15, -0.1) is 0 Å². The maximum atomic E-state index is 11.2. The van der Waals surface area contributed by atoms with Crippen LogP contribution in [0.5, 0.6) is 0 Å². The second kappa shape index (κ2) is 4.31. The molecule has 2 rings (SSSR count). The summed E-state index contributed by atoms with van der Waals surface area (Å²) in [7, 11) is 0. The number of hydrogen-bond donors (Lipinski definition) is 0. The van der Waals surface area contributed by atoms with Crippen molar-refractivity contribution in [3.8, 4) is 0 Å². The van der Waals surface area contributed by atoms with Crippen molar-refractivity contribution in [3.05, 3.63) is 47.0 Å². The molecule has 82 valence electrons. The van der Waals surface area contributed by atoms with Crippen LogP contribution in [-0.4, -0.2) is 18.4 Å². The summed E-state index contributed by atoms with van der Waals surface area (Å²) in [5.41, 5.74) is 2.39. The molecule has 0 saturated carbocycles. The first-order chi connectivity index (χ1) is 7.66. The van der Waals surface area contributed by atoms with Crippen LogP contribution < -0.4 is 0 Å². The van der Waals surface area contributed by atoms with Crippen LogP contribution in [0.15, 0.2) is 35.9 Å². The molecular formula is C13H12O3. The van der Waals surface area contributed by atoms with Crippen molar-refractivity contribution in [2.24, 2.45) is 0 Å². The van der Waals surface area contributed by atoms with E-state index < -0.39 is 0 Å². The van der Waals surface area contributed by atoms with Crippen LogP contribution in [0.2, 0.25) is 0 Å². The van der Waals surface area contributed by atoms with Crippen molar-refractivity contribution in [2.75, 3.05) is 6.61 Å². The van der Waals surface area contributed by atoms with E-state index in [4.69, 9.17) is 4.74 Å². The molecule has 0 unspecified atom stereocenters. The predicted octanol–water partition coefficient (Wildman–Crippen LogP) is 1.91. The third-order valence-electron chi connectivity index (χ3n) is 2.56. The van der Waals surface area contributed by atoms with E-state index in [0.29, 0.717) is 24.2 Å². The van der Waals surface area contributed by atoms with E-state index >= 15 is 0 Å². The average molecular weight is 216 g/mol. The summed E-state index contributed by atoms with van der Waals surface area (Å²) in [6.07, 6.45) is 2.36. The lowest BCUT2D eigenvalue weighted by Crippen LogP contribution is -2.02. The molecule has 1 aliphatic heterocycles. The monoisotopic (exact) mass is 216 g/mol. The number of cyclic esters (lactones) is 1. The molecule has 3 heteroatoms. The van der Waals surface area contributed by atoms with Crippen molar-refractivity contribution in [1.29, 1.82) is 0 Å². The Kier molecular flexibility index (Phi) is 2.86. The first kappa shape index (κ1) is 10.6. The first-order valence-electron chi connectivity index (χ1n) is 5.13. The summed E-state index contributed by atoms with van der Waals surface area (Å²) in [6.45, 7) is 1.91. The molecule has 1 heterocycles. The van der Waals surface area contributed by atoms with Crippen LogP contribution in [0.1, 0.15) is 22.8 Å². The first-order valence-corrected chi connectivity index (χ1v) is 5.13. The number of carbonyl (C=O) groups excluding carboxylic acids is 2. The third-order valence-corrected chi connectivity index (χ3v) is 2.56. The van der Waals surface area contributed by atoms with Gasteiger partial charge in [0.15, 0.2) is 5.78 Å². The van der Waals surface area contributed by atoms with E-state index in [1.54, 1.807) is 18.2 Å². The molecule has 0 fully saturated rings. The SMILES string of the molecule is CC(=O)c1ccc(CC2=CCOC2=O)cc1. The lowest BCUT2D eigenvalue weighted by molar-refractivity contribution is -0.136. The highest BCUT2D eigenvalue weighted by atomic mass is 16.5. The Morgan fingerprint density at radius 3 is 2.50 bits per heavy atom. The molecule has 0 N–H and O–H groups in total. The molecule has 0 aromatic heterocycles. The number of Topliss-reactive ketones (excluding diaryl/α,β-unsaturated/α-hetero) is 1. The number of carbonyl (C=O) groups is 2. The molecule has 0 aliphatic carbocycles. The van der Waals surface area contributed by atoms with Gasteiger partial charge < -0.3 is 4.74 Å². The van der Waals surface area contributed by atoms with Gasteiger partial charge in [-0.25, -0.2) is 4.79 Å². The van der Waals surface area contributed by atoms with E-state index in [1.807, 2.05) is 12.1 Å². The van der Waals surface area contributed by atoms with Gasteiger partial charge in [-0.2, -0.15) is 0 Å². The minimum absolute atomic E-state index is 0.0473. The van der Waals surface area contributed by atoms with Crippen molar-refractivity contribution in [2.45, 2.75) is 13.3 Å². The Morgan fingerprint density at radius 2 is 2.00 bits per heavy atom. The quantitative estimate of drug-likeness (QED) is 0.572. The molecule has 3 nitrogen and oxygen atoms in total. The summed E-state index contributed by atoms with van der Waals surface area (Å²) in [4.78, 5) is 22.3. The zero-order valence-electron chi connectivity index (χ0n) is 9.03. The Labute approximate surface area is 93.7 Å². The zero-order valence-corrected chi connectivity index (χ0v) is 9.03. The van der Waals surface area contributed by atoms with Crippen molar-refractivity contribution in [1.82, 2.24) is 0 Å². The van der Waals surface area contributed by atoms with E-state index in [1.165, 1.54) is 6.92 Å². The number of ketones is 1. The maximum absolute atomic E-state index is 11.2. The molecule has 1 aliphatic rings. The summed E-state index contributed by atoms with van der Waals surface area (Å²) in [6, 6.07) is 7.28. The molecule has 16 heavy (non-hydrogen) atoms. The Hall–Kier alpha value is -1.90. The van der Waals surface area contributed by atoms with Crippen LogP contribution in [-0.2, 0) is 16.0 Å². The molecule has 0 spiro atoms. The average Bonchev–Trinajstić information content (AvgIpc) is 2.65. The number of hydrogen-bond acceptors (Lipinski definition) is 3. The van der Waals surface area contributed by atoms with Crippen LogP contribution >= 0.6 is 0 Å². The standard InChI is InChI=1S/C13H12O3/c1-9(14)11-4-2-10(3-5-11)8-12-6-7-16-13(12)15/h2-6H,7-8H2,1H3. The number of rotatable bonds is 3. The number of benzene rings is 1. The fourth-order valence-electron chi connectivity index (χ4n) is 1.62. The minimum atomic E-state index is -0.240. The van der Waals surface area contributed by atoms with Gasteiger partial charge in [-0.05, 0) is 18.6 Å². The van der Waals surface area contributed by atoms with Crippen molar-refractivity contribution in [3.63, 3.8) is 0 Å². The van der Waals surface area contributed by atoms with E-state index in [0.717, 1.165) is 5.56 Å². The minimum Gasteiger partial charge on any atom is -0.458 e. The van der Waals surface area contributed by atoms with E-state index in [9.17, 15) is 9.59 Å². The molecule has 0 bridgehead atoms. The number of esters is 1. The van der Waals surface area contributed by atoms with Crippen LogP contribution in [0.25, 0.3) is 0 Å². The molecule has 0 radical (unpaired) electrons. The Bertz CT molecular complexity index is 455.